The number of amides is 3. The fourth-order valence-corrected chi connectivity index (χ4v) is 0.930. The highest BCUT2D eigenvalue weighted by molar-refractivity contribution is 5.96. The Balaban J connectivity index is 3.83. The van der Waals surface area contributed by atoms with Crippen LogP contribution in [0.2, 0.25) is 0 Å². The minimum atomic E-state index is -0.444. The fraction of sp³-hybridized carbons (Fsp3) is 0.800. The second-order valence-electron chi connectivity index (χ2n) is 3.87. The van der Waals surface area contributed by atoms with Crippen molar-refractivity contribution in [2.24, 2.45) is 5.92 Å². The number of rotatable bonds is 5. The fourth-order valence-electron chi connectivity index (χ4n) is 0.930. The molecule has 0 bridgehead atoms. The van der Waals surface area contributed by atoms with Gasteiger partial charge in [0.2, 0.25) is 5.91 Å². The molecule has 0 rings (SSSR count). The molecule has 5 heteroatoms. The van der Waals surface area contributed by atoms with E-state index in [2.05, 4.69) is 29.8 Å². The van der Waals surface area contributed by atoms with Crippen molar-refractivity contribution in [2.75, 3.05) is 13.1 Å². The zero-order valence-electron chi connectivity index (χ0n) is 9.89. The van der Waals surface area contributed by atoms with E-state index >= 15 is 0 Å². The van der Waals surface area contributed by atoms with Gasteiger partial charge in [-0.05, 0) is 26.3 Å². The van der Waals surface area contributed by atoms with Gasteiger partial charge >= 0.3 is 6.03 Å². The molecule has 0 fully saturated rings. The standard InChI is InChI=1S/C10H21N3O2/c1-5-11-10(15)13-9(14)8(4)12-6-7(2)3/h7-8,12H,5-6H2,1-4H3,(H2,11,13,14,15). The van der Waals surface area contributed by atoms with Gasteiger partial charge in [0.15, 0.2) is 0 Å². The summed E-state index contributed by atoms with van der Waals surface area (Å²) < 4.78 is 0. The molecule has 0 radical (unpaired) electrons. The molecular weight excluding hydrogens is 194 g/mol. The van der Waals surface area contributed by atoms with Gasteiger partial charge in [-0.2, -0.15) is 0 Å². The number of nitrogens with one attached hydrogen (secondary N) is 3. The van der Waals surface area contributed by atoms with Crippen LogP contribution in [0.5, 0.6) is 0 Å². The van der Waals surface area contributed by atoms with Crippen LogP contribution >= 0.6 is 0 Å². The molecule has 0 heterocycles. The monoisotopic (exact) mass is 215 g/mol. The molecule has 88 valence electrons. The van der Waals surface area contributed by atoms with Gasteiger partial charge in [-0.1, -0.05) is 13.8 Å². The maximum Gasteiger partial charge on any atom is 0.321 e. The minimum Gasteiger partial charge on any atom is -0.338 e. The summed E-state index contributed by atoms with van der Waals surface area (Å²) in [5.74, 6) is 0.173. The van der Waals surface area contributed by atoms with Crippen molar-refractivity contribution >= 4 is 11.9 Å². The third-order valence-electron chi connectivity index (χ3n) is 1.80. The van der Waals surface area contributed by atoms with Crippen molar-refractivity contribution in [1.82, 2.24) is 16.0 Å². The molecule has 1 atom stereocenters. The molecule has 0 aliphatic heterocycles. The summed E-state index contributed by atoms with van der Waals surface area (Å²) >= 11 is 0. The molecule has 15 heavy (non-hydrogen) atoms. The highest BCUT2D eigenvalue weighted by atomic mass is 16.2. The average Bonchev–Trinajstić information content (AvgIpc) is 2.14. The van der Waals surface area contributed by atoms with Gasteiger partial charge in [-0.3, -0.25) is 10.1 Å². The second-order valence-corrected chi connectivity index (χ2v) is 3.87. The highest BCUT2D eigenvalue weighted by Gasteiger charge is 2.14. The molecular formula is C10H21N3O2. The van der Waals surface area contributed by atoms with Gasteiger partial charge in [-0.15, -0.1) is 0 Å². The summed E-state index contributed by atoms with van der Waals surface area (Å²) in [7, 11) is 0. The molecule has 3 amide bonds. The predicted molar refractivity (Wildman–Crippen MR) is 59.5 cm³/mol. The lowest BCUT2D eigenvalue weighted by molar-refractivity contribution is -0.121. The number of urea groups is 1. The Hall–Kier alpha value is -1.10. The van der Waals surface area contributed by atoms with E-state index in [1.807, 2.05) is 0 Å². The van der Waals surface area contributed by atoms with Crippen LogP contribution in [-0.4, -0.2) is 31.1 Å². The Morgan fingerprint density at radius 1 is 1.20 bits per heavy atom. The van der Waals surface area contributed by atoms with E-state index in [1.54, 1.807) is 13.8 Å². The van der Waals surface area contributed by atoms with Crippen molar-refractivity contribution in [3.63, 3.8) is 0 Å². The zero-order valence-corrected chi connectivity index (χ0v) is 9.89. The summed E-state index contributed by atoms with van der Waals surface area (Å²) in [5, 5.41) is 7.79. The number of hydrogen-bond acceptors (Lipinski definition) is 3. The van der Waals surface area contributed by atoms with Crippen LogP contribution in [-0.2, 0) is 4.79 Å². The van der Waals surface area contributed by atoms with E-state index in [-0.39, 0.29) is 11.9 Å². The maximum absolute atomic E-state index is 11.4. The van der Waals surface area contributed by atoms with E-state index in [4.69, 9.17) is 0 Å². The molecule has 0 saturated carbocycles. The van der Waals surface area contributed by atoms with E-state index < -0.39 is 6.03 Å². The first-order chi connectivity index (χ1) is 6.97. The Morgan fingerprint density at radius 2 is 1.80 bits per heavy atom. The summed E-state index contributed by atoms with van der Waals surface area (Å²) in [4.78, 5) is 22.4. The summed E-state index contributed by atoms with van der Waals surface area (Å²) in [6.07, 6.45) is 0. The number of carbonyl (C=O) groups excluding carboxylic acids is 2. The normalized spacial score (nSPS) is 12.3. The van der Waals surface area contributed by atoms with Crippen LogP contribution < -0.4 is 16.0 Å². The third kappa shape index (κ3) is 6.90. The van der Waals surface area contributed by atoms with E-state index in [0.29, 0.717) is 12.5 Å². The molecule has 0 spiro atoms. The third-order valence-corrected chi connectivity index (χ3v) is 1.80. The average molecular weight is 215 g/mol. The largest absolute Gasteiger partial charge is 0.338 e. The van der Waals surface area contributed by atoms with Gasteiger partial charge < -0.3 is 10.6 Å². The summed E-state index contributed by atoms with van der Waals surface area (Å²) in [6, 6.07) is -0.796. The van der Waals surface area contributed by atoms with Crippen LogP contribution in [0.3, 0.4) is 0 Å². The predicted octanol–water partition coefficient (Wildman–Crippen LogP) is 0.466. The van der Waals surface area contributed by atoms with Gasteiger partial charge in [0, 0.05) is 6.54 Å². The second kappa shape index (κ2) is 7.23. The molecule has 0 aromatic carbocycles. The van der Waals surface area contributed by atoms with E-state index in [0.717, 1.165) is 6.54 Å². The lowest BCUT2D eigenvalue weighted by atomic mass is 10.2. The smallest absolute Gasteiger partial charge is 0.321 e. The van der Waals surface area contributed by atoms with Crippen molar-refractivity contribution in [3.05, 3.63) is 0 Å². The molecule has 0 saturated heterocycles. The van der Waals surface area contributed by atoms with Crippen LogP contribution in [0.1, 0.15) is 27.7 Å². The van der Waals surface area contributed by atoms with E-state index in [1.165, 1.54) is 0 Å². The molecule has 0 aromatic heterocycles. The summed E-state index contributed by atoms with van der Waals surface area (Å²) in [6.45, 7) is 8.90. The Labute approximate surface area is 91.0 Å². The number of hydrogen-bond donors (Lipinski definition) is 3. The van der Waals surface area contributed by atoms with Crippen molar-refractivity contribution < 1.29 is 9.59 Å². The van der Waals surface area contributed by atoms with Crippen LogP contribution in [0.25, 0.3) is 0 Å². The number of imide groups is 1. The lowest BCUT2D eigenvalue weighted by Crippen LogP contribution is -2.48. The molecule has 0 aromatic rings. The van der Waals surface area contributed by atoms with Crippen molar-refractivity contribution in [2.45, 2.75) is 33.7 Å². The summed E-state index contributed by atoms with van der Waals surface area (Å²) in [5.41, 5.74) is 0. The molecule has 3 N–H and O–H groups in total. The maximum atomic E-state index is 11.4. The molecule has 0 aliphatic rings. The topological polar surface area (TPSA) is 70.2 Å². The minimum absolute atomic E-state index is 0.304. The van der Waals surface area contributed by atoms with Gasteiger partial charge in [0.25, 0.3) is 0 Å². The van der Waals surface area contributed by atoms with Gasteiger partial charge in [0.1, 0.15) is 0 Å². The Kier molecular flexibility index (Phi) is 6.70. The quantitative estimate of drug-likeness (QED) is 0.624. The SMILES string of the molecule is CCNC(=O)NC(=O)C(C)NCC(C)C. The van der Waals surface area contributed by atoms with Crippen LogP contribution in [0.15, 0.2) is 0 Å². The molecule has 0 aliphatic carbocycles. The van der Waals surface area contributed by atoms with Crippen molar-refractivity contribution in [3.8, 4) is 0 Å². The molecule has 5 nitrogen and oxygen atoms in total. The first kappa shape index (κ1) is 13.9. The van der Waals surface area contributed by atoms with E-state index in [9.17, 15) is 9.59 Å². The highest BCUT2D eigenvalue weighted by Crippen LogP contribution is 1.90. The van der Waals surface area contributed by atoms with Crippen LogP contribution in [0, 0.1) is 5.92 Å². The Morgan fingerprint density at radius 3 is 2.27 bits per heavy atom. The Bertz CT molecular complexity index is 217. The lowest BCUT2D eigenvalue weighted by Gasteiger charge is -2.14. The first-order valence-corrected chi connectivity index (χ1v) is 5.29. The van der Waals surface area contributed by atoms with Gasteiger partial charge in [0.05, 0.1) is 6.04 Å². The molecule has 1 unspecified atom stereocenters. The number of carbonyl (C=O) groups is 2. The zero-order chi connectivity index (χ0) is 11.8. The van der Waals surface area contributed by atoms with Gasteiger partial charge in [-0.25, -0.2) is 4.79 Å². The first-order valence-electron chi connectivity index (χ1n) is 5.29. The van der Waals surface area contributed by atoms with Crippen molar-refractivity contribution in [1.29, 1.82) is 0 Å². The van der Waals surface area contributed by atoms with Crippen LogP contribution in [0.4, 0.5) is 4.79 Å².